The van der Waals surface area contributed by atoms with Crippen LogP contribution in [0.4, 0.5) is 4.39 Å². The normalized spacial score (nSPS) is 11.8. The highest BCUT2D eigenvalue weighted by Crippen LogP contribution is 2.22. The smallest absolute Gasteiger partial charge is 0.132 e. The van der Waals surface area contributed by atoms with E-state index >= 15 is 0 Å². The number of rotatable bonds is 6. The second-order valence-electron chi connectivity index (χ2n) is 6.08. The van der Waals surface area contributed by atoms with Crippen LogP contribution < -0.4 is 0 Å². The van der Waals surface area contributed by atoms with Gasteiger partial charge >= 0.3 is 0 Å². The molecule has 0 spiro atoms. The second-order valence-corrected chi connectivity index (χ2v) is 11.7. The lowest BCUT2D eigenvalue weighted by atomic mass is 10.1. The van der Waals surface area contributed by atoms with Gasteiger partial charge in [0.05, 0.1) is 18.2 Å². The number of hydrogen-bond acceptors (Lipinski definition) is 2. The minimum atomic E-state index is -1.08. The van der Waals surface area contributed by atoms with E-state index in [1.165, 1.54) is 6.07 Å². The van der Waals surface area contributed by atoms with Crippen molar-refractivity contribution in [1.82, 2.24) is 9.55 Å². The average Bonchev–Trinajstić information content (AvgIpc) is 2.82. The molecule has 1 aromatic carbocycles. The number of ether oxygens (including phenoxy) is 1. The van der Waals surface area contributed by atoms with Gasteiger partial charge < -0.3 is 9.30 Å². The van der Waals surface area contributed by atoms with Crippen molar-refractivity contribution in [1.29, 1.82) is 0 Å². The third-order valence-electron chi connectivity index (χ3n) is 3.09. The van der Waals surface area contributed by atoms with Gasteiger partial charge in [-0.15, -0.1) is 0 Å². The van der Waals surface area contributed by atoms with Crippen LogP contribution in [0.3, 0.4) is 0 Å². The predicted octanol–water partition coefficient (Wildman–Crippen LogP) is 4.00. The molecule has 5 heteroatoms. The van der Waals surface area contributed by atoms with Gasteiger partial charge in [0.25, 0.3) is 0 Å². The quantitative estimate of drug-likeness (QED) is 0.594. The number of halogens is 1. The van der Waals surface area contributed by atoms with E-state index in [2.05, 4.69) is 24.6 Å². The standard InChI is InChI=1S/C15H21FN2OSi/c1-20(2,3)9-8-19-12-18-11-17-10-15(18)13-6-4-5-7-14(13)16/h4-7,10-11H,8-9,12H2,1-3H3. The van der Waals surface area contributed by atoms with Crippen LogP contribution in [0.25, 0.3) is 11.3 Å². The molecule has 0 atom stereocenters. The molecule has 0 saturated heterocycles. The van der Waals surface area contributed by atoms with E-state index in [0.717, 1.165) is 18.3 Å². The van der Waals surface area contributed by atoms with E-state index in [1.807, 2.05) is 10.6 Å². The van der Waals surface area contributed by atoms with Gasteiger partial charge in [-0.05, 0) is 18.2 Å². The van der Waals surface area contributed by atoms with Crippen LogP contribution in [0.1, 0.15) is 0 Å². The molecule has 3 nitrogen and oxygen atoms in total. The van der Waals surface area contributed by atoms with Crippen LogP contribution in [0.5, 0.6) is 0 Å². The number of imidazole rings is 1. The fraction of sp³-hybridized carbons (Fsp3) is 0.400. The van der Waals surface area contributed by atoms with Crippen molar-refractivity contribution < 1.29 is 9.13 Å². The van der Waals surface area contributed by atoms with E-state index in [4.69, 9.17) is 4.74 Å². The van der Waals surface area contributed by atoms with Gasteiger partial charge in [0, 0.05) is 20.2 Å². The van der Waals surface area contributed by atoms with Gasteiger partial charge in [-0.1, -0.05) is 31.8 Å². The summed E-state index contributed by atoms with van der Waals surface area (Å²) in [5.74, 6) is -0.239. The Labute approximate surface area is 120 Å². The van der Waals surface area contributed by atoms with Gasteiger partial charge in [0.2, 0.25) is 0 Å². The lowest BCUT2D eigenvalue weighted by molar-refractivity contribution is 0.0881. The highest BCUT2D eigenvalue weighted by atomic mass is 28.3. The van der Waals surface area contributed by atoms with Crippen LogP contribution in [0, 0.1) is 5.82 Å². The summed E-state index contributed by atoms with van der Waals surface area (Å²) in [6.07, 6.45) is 3.34. The number of hydrogen-bond donors (Lipinski definition) is 0. The Hall–Kier alpha value is -1.46. The summed E-state index contributed by atoms with van der Waals surface area (Å²) in [6.45, 7) is 8.10. The maximum absolute atomic E-state index is 13.8. The Morgan fingerprint density at radius 1 is 1.25 bits per heavy atom. The van der Waals surface area contributed by atoms with Gasteiger partial charge in [-0.2, -0.15) is 0 Å². The Kier molecular flexibility index (Phi) is 4.72. The molecular weight excluding hydrogens is 271 g/mol. The molecule has 0 aliphatic rings. The third kappa shape index (κ3) is 4.01. The van der Waals surface area contributed by atoms with Crippen LogP contribution in [0.15, 0.2) is 36.8 Å². The van der Waals surface area contributed by atoms with Crippen molar-refractivity contribution in [3.63, 3.8) is 0 Å². The number of benzene rings is 1. The monoisotopic (exact) mass is 292 g/mol. The van der Waals surface area contributed by atoms with E-state index in [9.17, 15) is 4.39 Å². The summed E-state index contributed by atoms with van der Waals surface area (Å²) in [7, 11) is -1.08. The summed E-state index contributed by atoms with van der Waals surface area (Å²) in [6, 6.07) is 7.84. The van der Waals surface area contributed by atoms with Crippen LogP contribution in [-0.2, 0) is 11.5 Å². The minimum Gasteiger partial charge on any atom is -0.361 e. The zero-order valence-corrected chi connectivity index (χ0v) is 13.3. The zero-order chi connectivity index (χ0) is 14.6. The van der Waals surface area contributed by atoms with E-state index < -0.39 is 8.07 Å². The first kappa shape index (κ1) is 14.9. The lowest BCUT2D eigenvalue weighted by Crippen LogP contribution is -2.22. The molecule has 1 heterocycles. The van der Waals surface area contributed by atoms with Crippen LogP contribution in [0.2, 0.25) is 25.7 Å². The van der Waals surface area contributed by atoms with E-state index in [1.54, 1.807) is 24.7 Å². The first-order valence-corrected chi connectivity index (χ1v) is 10.5. The lowest BCUT2D eigenvalue weighted by Gasteiger charge is -2.16. The van der Waals surface area contributed by atoms with Crippen molar-refractivity contribution >= 4 is 8.07 Å². The third-order valence-corrected chi connectivity index (χ3v) is 4.79. The maximum Gasteiger partial charge on any atom is 0.132 e. The molecule has 2 rings (SSSR count). The SMILES string of the molecule is C[Si](C)(C)CCOCn1cncc1-c1ccccc1F. The fourth-order valence-corrected chi connectivity index (χ4v) is 2.61. The zero-order valence-electron chi connectivity index (χ0n) is 12.3. The summed E-state index contributed by atoms with van der Waals surface area (Å²) in [5.41, 5.74) is 1.30. The van der Waals surface area contributed by atoms with Crippen molar-refractivity contribution in [3.8, 4) is 11.3 Å². The van der Waals surface area contributed by atoms with Gasteiger partial charge in [0.15, 0.2) is 0 Å². The minimum absolute atomic E-state index is 0.239. The molecule has 2 aromatic rings. The largest absolute Gasteiger partial charge is 0.361 e. The Bertz CT molecular complexity index is 563. The van der Waals surface area contributed by atoms with E-state index in [0.29, 0.717) is 12.3 Å². The molecule has 20 heavy (non-hydrogen) atoms. The Balaban J connectivity index is 2.01. The van der Waals surface area contributed by atoms with Crippen molar-refractivity contribution in [2.45, 2.75) is 32.4 Å². The second kappa shape index (κ2) is 6.32. The summed E-state index contributed by atoms with van der Waals surface area (Å²) >= 11 is 0. The van der Waals surface area contributed by atoms with Crippen molar-refractivity contribution in [2.24, 2.45) is 0 Å². The molecule has 0 N–H and O–H groups in total. The first-order valence-electron chi connectivity index (χ1n) is 6.80. The molecule has 108 valence electrons. The first-order chi connectivity index (χ1) is 9.47. The molecule has 0 saturated carbocycles. The van der Waals surface area contributed by atoms with Gasteiger partial charge in [-0.3, -0.25) is 0 Å². The van der Waals surface area contributed by atoms with E-state index in [-0.39, 0.29) is 5.82 Å². The van der Waals surface area contributed by atoms with Gasteiger partial charge in [0.1, 0.15) is 12.5 Å². The number of nitrogens with zero attached hydrogens (tertiary/aromatic N) is 2. The van der Waals surface area contributed by atoms with Crippen LogP contribution in [-0.4, -0.2) is 24.2 Å². The fourth-order valence-electron chi connectivity index (χ4n) is 1.86. The molecule has 0 bridgehead atoms. The van der Waals surface area contributed by atoms with Crippen molar-refractivity contribution in [3.05, 3.63) is 42.6 Å². The Morgan fingerprint density at radius 3 is 2.70 bits per heavy atom. The molecular formula is C15H21FN2OSi. The number of aromatic nitrogens is 2. The van der Waals surface area contributed by atoms with Crippen molar-refractivity contribution in [2.75, 3.05) is 6.61 Å². The average molecular weight is 292 g/mol. The molecule has 0 unspecified atom stereocenters. The molecule has 1 aromatic heterocycles. The highest BCUT2D eigenvalue weighted by molar-refractivity contribution is 6.76. The molecule has 0 aliphatic heterocycles. The van der Waals surface area contributed by atoms with Gasteiger partial charge in [-0.25, -0.2) is 9.37 Å². The maximum atomic E-state index is 13.8. The summed E-state index contributed by atoms with van der Waals surface area (Å²) in [4.78, 5) is 4.09. The summed E-state index contributed by atoms with van der Waals surface area (Å²) in [5, 5.41) is 0. The molecule has 0 amide bonds. The van der Waals surface area contributed by atoms with Crippen LogP contribution >= 0.6 is 0 Å². The highest BCUT2D eigenvalue weighted by Gasteiger charge is 2.13. The molecule has 0 fully saturated rings. The topological polar surface area (TPSA) is 27.1 Å². The Morgan fingerprint density at radius 2 is 2.00 bits per heavy atom. The molecule has 0 radical (unpaired) electrons. The molecule has 0 aliphatic carbocycles. The predicted molar refractivity (Wildman–Crippen MR) is 81.7 cm³/mol. The summed E-state index contributed by atoms with van der Waals surface area (Å²) < 4.78 is 21.3.